The smallest absolute Gasteiger partial charge is 0.141 e. The van der Waals surface area contributed by atoms with Crippen LogP contribution in [0, 0.1) is 23.6 Å². The average Bonchev–Trinajstić information content (AvgIpc) is 3.08. The van der Waals surface area contributed by atoms with E-state index in [1.54, 1.807) is 6.07 Å². The van der Waals surface area contributed by atoms with Crippen LogP contribution in [0.15, 0.2) is 18.3 Å². The molecule has 0 aliphatic heterocycles. The van der Waals surface area contributed by atoms with Crippen LogP contribution in [0.5, 0.6) is 0 Å². The molecule has 1 heterocycles. The number of pyridine rings is 1. The summed E-state index contributed by atoms with van der Waals surface area (Å²) in [6.07, 6.45) is 6.92. The molecular formula is C17H25FN2O. The molecule has 2 aliphatic carbocycles. The topological polar surface area (TPSA) is 36.4 Å². The molecule has 2 aliphatic rings. The first-order chi connectivity index (χ1) is 10.1. The molecular weight excluding hydrogens is 267 g/mol. The summed E-state index contributed by atoms with van der Waals surface area (Å²) >= 11 is 0. The van der Waals surface area contributed by atoms with E-state index in [0.29, 0.717) is 12.1 Å². The fraction of sp³-hybridized carbons (Fsp3) is 0.706. The van der Waals surface area contributed by atoms with E-state index in [9.17, 15) is 9.50 Å². The van der Waals surface area contributed by atoms with Gasteiger partial charge in [-0.1, -0.05) is 6.42 Å². The van der Waals surface area contributed by atoms with Crippen LogP contribution < -0.4 is 0 Å². The molecule has 4 heteroatoms. The molecule has 3 rings (SSSR count). The molecule has 4 unspecified atom stereocenters. The average molecular weight is 292 g/mol. The standard InChI is InChI=1S/C17H25FN2O/c1-20(11-14-9-12-2-3-13(14)8-12)7-6-17(21)16-5-4-15(18)10-19-16/h4-5,10,12-14,17,21H,2-3,6-9,11H2,1H3. The maximum Gasteiger partial charge on any atom is 0.141 e. The number of hydrogen-bond acceptors (Lipinski definition) is 3. The minimum atomic E-state index is -0.604. The molecule has 21 heavy (non-hydrogen) atoms. The largest absolute Gasteiger partial charge is 0.387 e. The molecule has 2 fully saturated rings. The Bertz CT molecular complexity index is 464. The van der Waals surface area contributed by atoms with E-state index in [1.807, 2.05) is 0 Å². The van der Waals surface area contributed by atoms with Gasteiger partial charge in [0.1, 0.15) is 5.82 Å². The van der Waals surface area contributed by atoms with Crippen molar-refractivity contribution in [1.82, 2.24) is 9.88 Å². The number of fused-ring (bicyclic) bond motifs is 2. The molecule has 2 saturated carbocycles. The van der Waals surface area contributed by atoms with Crippen molar-refractivity contribution in [2.24, 2.45) is 17.8 Å². The summed E-state index contributed by atoms with van der Waals surface area (Å²) in [5, 5.41) is 10.1. The maximum atomic E-state index is 12.8. The molecule has 0 amide bonds. The molecule has 1 aromatic heterocycles. The number of aliphatic hydroxyl groups excluding tert-OH is 1. The molecule has 0 spiro atoms. The van der Waals surface area contributed by atoms with Gasteiger partial charge in [-0.05, 0) is 62.6 Å². The van der Waals surface area contributed by atoms with E-state index in [0.717, 1.165) is 37.0 Å². The highest BCUT2D eigenvalue weighted by Crippen LogP contribution is 2.48. The van der Waals surface area contributed by atoms with Crippen LogP contribution in [0.1, 0.15) is 43.9 Å². The van der Waals surface area contributed by atoms with Gasteiger partial charge in [-0.15, -0.1) is 0 Å². The van der Waals surface area contributed by atoms with E-state index in [4.69, 9.17) is 0 Å². The highest BCUT2D eigenvalue weighted by Gasteiger charge is 2.39. The number of rotatable bonds is 6. The van der Waals surface area contributed by atoms with E-state index in [1.165, 1.54) is 31.7 Å². The van der Waals surface area contributed by atoms with Crippen molar-refractivity contribution in [1.29, 1.82) is 0 Å². The Balaban J connectivity index is 1.43. The molecule has 1 N–H and O–H groups in total. The van der Waals surface area contributed by atoms with Gasteiger partial charge in [0.05, 0.1) is 18.0 Å². The maximum absolute atomic E-state index is 12.8. The molecule has 4 atom stereocenters. The number of aliphatic hydroxyl groups is 1. The number of hydrogen-bond donors (Lipinski definition) is 1. The van der Waals surface area contributed by atoms with Gasteiger partial charge in [0.2, 0.25) is 0 Å². The zero-order chi connectivity index (χ0) is 14.8. The zero-order valence-corrected chi connectivity index (χ0v) is 12.7. The summed E-state index contributed by atoms with van der Waals surface area (Å²) in [6, 6.07) is 2.92. The van der Waals surface area contributed by atoms with E-state index >= 15 is 0 Å². The van der Waals surface area contributed by atoms with Crippen LogP contribution in [0.25, 0.3) is 0 Å². The quantitative estimate of drug-likeness (QED) is 0.875. The predicted molar refractivity (Wildman–Crippen MR) is 80.2 cm³/mol. The van der Waals surface area contributed by atoms with Crippen molar-refractivity contribution >= 4 is 0 Å². The molecule has 3 nitrogen and oxygen atoms in total. The number of aromatic nitrogens is 1. The summed E-state index contributed by atoms with van der Waals surface area (Å²) in [6.45, 7) is 2.00. The normalized spacial score (nSPS) is 29.2. The van der Waals surface area contributed by atoms with Gasteiger partial charge in [-0.25, -0.2) is 4.39 Å². The van der Waals surface area contributed by atoms with Crippen molar-refractivity contribution in [3.8, 4) is 0 Å². The van der Waals surface area contributed by atoms with Gasteiger partial charge < -0.3 is 10.0 Å². The summed E-state index contributed by atoms with van der Waals surface area (Å²) < 4.78 is 12.8. The molecule has 116 valence electrons. The third kappa shape index (κ3) is 3.61. The van der Waals surface area contributed by atoms with Crippen LogP contribution in [0.4, 0.5) is 4.39 Å². The van der Waals surface area contributed by atoms with Crippen LogP contribution in [-0.4, -0.2) is 35.1 Å². The minimum Gasteiger partial charge on any atom is -0.387 e. The first-order valence-corrected chi connectivity index (χ1v) is 8.10. The molecule has 2 bridgehead atoms. The monoisotopic (exact) mass is 292 g/mol. The van der Waals surface area contributed by atoms with Crippen LogP contribution in [-0.2, 0) is 0 Å². The fourth-order valence-electron chi connectivity index (χ4n) is 4.17. The van der Waals surface area contributed by atoms with Gasteiger partial charge in [0.15, 0.2) is 0 Å². The third-order valence-corrected chi connectivity index (χ3v) is 5.31. The van der Waals surface area contributed by atoms with E-state index < -0.39 is 6.10 Å². The molecule has 1 aromatic rings. The van der Waals surface area contributed by atoms with Crippen molar-refractivity contribution in [3.63, 3.8) is 0 Å². The summed E-state index contributed by atoms with van der Waals surface area (Å²) in [4.78, 5) is 6.28. The Labute approximate surface area is 126 Å². The van der Waals surface area contributed by atoms with Gasteiger partial charge in [0, 0.05) is 13.1 Å². The van der Waals surface area contributed by atoms with Crippen molar-refractivity contribution in [2.75, 3.05) is 20.1 Å². The lowest BCUT2D eigenvalue weighted by Crippen LogP contribution is -2.30. The summed E-state index contributed by atoms with van der Waals surface area (Å²) in [7, 11) is 2.14. The molecule has 0 radical (unpaired) electrons. The second kappa shape index (κ2) is 6.41. The first-order valence-electron chi connectivity index (χ1n) is 8.10. The Hall–Kier alpha value is -1.00. The molecule has 0 saturated heterocycles. The van der Waals surface area contributed by atoms with Crippen molar-refractivity contribution in [3.05, 3.63) is 29.8 Å². The Morgan fingerprint density at radius 3 is 2.86 bits per heavy atom. The highest BCUT2D eigenvalue weighted by atomic mass is 19.1. The fourth-order valence-corrected chi connectivity index (χ4v) is 4.17. The Morgan fingerprint density at radius 1 is 1.38 bits per heavy atom. The van der Waals surface area contributed by atoms with Gasteiger partial charge in [0.25, 0.3) is 0 Å². The second-order valence-electron chi connectivity index (χ2n) is 6.90. The van der Waals surface area contributed by atoms with Crippen molar-refractivity contribution in [2.45, 2.75) is 38.2 Å². The highest BCUT2D eigenvalue weighted by molar-refractivity contribution is 5.07. The Kier molecular flexibility index (Phi) is 4.55. The zero-order valence-electron chi connectivity index (χ0n) is 12.7. The van der Waals surface area contributed by atoms with E-state index in [-0.39, 0.29) is 5.82 Å². The lowest BCUT2D eigenvalue weighted by Gasteiger charge is -2.27. The van der Waals surface area contributed by atoms with Crippen LogP contribution in [0.2, 0.25) is 0 Å². The SMILES string of the molecule is CN(CCC(O)c1ccc(F)cn1)CC1CC2CCC1C2. The first kappa shape index (κ1) is 14.9. The lowest BCUT2D eigenvalue weighted by molar-refractivity contribution is 0.135. The van der Waals surface area contributed by atoms with E-state index in [2.05, 4.69) is 16.9 Å². The van der Waals surface area contributed by atoms with Gasteiger partial charge in [-0.2, -0.15) is 0 Å². The van der Waals surface area contributed by atoms with Gasteiger partial charge in [-0.3, -0.25) is 4.98 Å². The Morgan fingerprint density at radius 2 is 2.24 bits per heavy atom. The van der Waals surface area contributed by atoms with Crippen LogP contribution in [0.3, 0.4) is 0 Å². The number of nitrogens with zero attached hydrogens (tertiary/aromatic N) is 2. The minimum absolute atomic E-state index is 0.362. The second-order valence-corrected chi connectivity index (χ2v) is 6.90. The third-order valence-electron chi connectivity index (χ3n) is 5.31. The predicted octanol–water partition coefficient (Wildman–Crippen LogP) is 3.01. The summed E-state index contributed by atoms with van der Waals surface area (Å²) in [5.41, 5.74) is 0.560. The number of halogens is 1. The van der Waals surface area contributed by atoms with Gasteiger partial charge >= 0.3 is 0 Å². The molecule has 0 aromatic carbocycles. The summed E-state index contributed by atoms with van der Waals surface area (Å²) in [5.74, 6) is 2.43. The van der Waals surface area contributed by atoms with Crippen molar-refractivity contribution < 1.29 is 9.50 Å². The lowest BCUT2D eigenvalue weighted by atomic mass is 9.88. The van der Waals surface area contributed by atoms with Crippen LogP contribution >= 0.6 is 0 Å².